The molecule has 2 amide bonds. The maximum absolute atomic E-state index is 13.1. The van der Waals surface area contributed by atoms with E-state index in [0.29, 0.717) is 40.9 Å². The van der Waals surface area contributed by atoms with Gasteiger partial charge in [-0.05, 0) is 62.1 Å². The molecule has 0 saturated carbocycles. The highest BCUT2D eigenvalue weighted by Gasteiger charge is 2.22. The minimum absolute atomic E-state index is 0.0150. The molecule has 8 nitrogen and oxygen atoms in total. The number of hydrogen-bond donors (Lipinski definition) is 3. The number of aryl methyl sites for hydroxylation is 2. The van der Waals surface area contributed by atoms with E-state index in [2.05, 4.69) is 20.2 Å². The summed E-state index contributed by atoms with van der Waals surface area (Å²) < 4.78 is 0. The van der Waals surface area contributed by atoms with Crippen molar-refractivity contribution in [3.63, 3.8) is 0 Å². The van der Waals surface area contributed by atoms with Crippen molar-refractivity contribution >= 4 is 23.5 Å². The number of aliphatic imine (C=N–C) groups is 1. The number of phenols is 1. The molecule has 0 radical (unpaired) electrons. The van der Waals surface area contributed by atoms with E-state index in [1.54, 1.807) is 56.4 Å². The lowest BCUT2D eigenvalue weighted by molar-refractivity contribution is 0.103. The SMILES string of the molecule is Cc1cc(C(=O)c2ccnc(N3CCC(NC(=O)N=C(N)c4ccccc4)CC3)c2)cc(C)c1O. The molecular weight excluding hydrogens is 442 g/mol. The van der Waals surface area contributed by atoms with Gasteiger partial charge in [0.15, 0.2) is 5.78 Å². The zero-order chi connectivity index (χ0) is 24.9. The Labute approximate surface area is 204 Å². The van der Waals surface area contributed by atoms with E-state index in [-0.39, 0.29) is 23.4 Å². The van der Waals surface area contributed by atoms with Gasteiger partial charge < -0.3 is 21.1 Å². The molecule has 180 valence electrons. The molecule has 4 N–H and O–H groups in total. The van der Waals surface area contributed by atoms with E-state index in [4.69, 9.17) is 5.73 Å². The van der Waals surface area contributed by atoms with Crippen LogP contribution in [0.15, 0.2) is 65.8 Å². The highest BCUT2D eigenvalue weighted by atomic mass is 16.3. The van der Waals surface area contributed by atoms with Crippen LogP contribution in [0, 0.1) is 13.8 Å². The van der Waals surface area contributed by atoms with Crippen LogP contribution in [0.25, 0.3) is 0 Å². The largest absolute Gasteiger partial charge is 0.507 e. The molecule has 1 saturated heterocycles. The van der Waals surface area contributed by atoms with Gasteiger partial charge in [0.05, 0.1) is 0 Å². The number of carbonyl (C=O) groups is 2. The van der Waals surface area contributed by atoms with Gasteiger partial charge in [-0.1, -0.05) is 30.3 Å². The van der Waals surface area contributed by atoms with Gasteiger partial charge in [0.2, 0.25) is 0 Å². The first-order valence-corrected chi connectivity index (χ1v) is 11.6. The third-order valence-corrected chi connectivity index (χ3v) is 6.20. The van der Waals surface area contributed by atoms with Gasteiger partial charge in [0.1, 0.15) is 17.4 Å². The number of nitrogens with zero attached hydrogens (tertiary/aromatic N) is 3. The maximum Gasteiger partial charge on any atom is 0.343 e. The van der Waals surface area contributed by atoms with Crippen molar-refractivity contribution < 1.29 is 14.7 Å². The number of nitrogens with two attached hydrogens (primary N) is 1. The first-order chi connectivity index (χ1) is 16.8. The number of aromatic hydroxyl groups is 1. The molecule has 2 aromatic carbocycles. The average Bonchev–Trinajstić information content (AvgIpc) is 2.87. The van der Waals surface area contributed by atoms with Crippen LogP contribution in [0.3, 0.4) is 0 Å². The van der Waals surface area contributed by atoms with Crippen LogP contribution in [0.5, 0.6) is 5.75 Å². The Hall–Kier alpha value is -4.20. The summed E-state index contributed by atoms with van der Waals surface area (Å²) in [6.07, 6.45) is 3.09. The molecule has 0 spiro atoms. The van der Waals surface area contributed by atoms with Crippen LogP contribution in [-0.4, -0.2) is 46.9 Å². The average molecular weight is 472 g/mol. The highest BCUT2D eigenvalue weighted by Crippen LogP contribution is 2.25. The number of urea groups is 1. The van der Waals surface area contributed by atoms with Crippen molar-refractivity contribution in [1.29, 1.82) is 0 Å². The summed E-state index contributed by atoms with van der Waals surface area (Å²) in [6, 6.07) is 15.6. The lowest BCUT2D eigenvalue weighted by atomic mass is 9.99. The van der Waals surface area contributed by atoms with Gasteiger partial charge in [-0.25, -0.2) is 9.78 Å². The van der Waals surface area contributed by atoms with Crippen molar-refractivity contribution in [3.8, 4) is 5.75 Å². The zero-order valence-electron chi connectivity index (χ0n) is 19.9. The number of nitrogens with one attached hydrogen (secondary N) is 1. The second-order valence-electron chi connectivity index (χ2n) is 8.76. The predicted octanol–water partition coefficient (Wildman–Crippen LogP) is 3.72. The van der Waals surface area contributed by atoms with Gasteiger partial charge in [-0.3, -0.25) is 4.79 Å². The quantitative estimate of drug-likeness (QED) is 0.296. The summed E-state index contributed by atoms with van der Waals surface area (Å²) in [6.45, 7) is 4.93. The maximum atomic E-state index is 13.1. The number of aromatic nitrogens is 1. The van der Waals surface area contributed by atoms with E-state index in [0.717, 1.165) is 18.7 Å². The minimum Gasteiger partial charge on any atom is -0.507 e. The fourth-order valence-corrected chi connectivity index (χ4v) is 4.23. The molecule has 1 aliphatic heterocycles. The highest BCUT2D eigenvalue weighted by molar-refractivity contribution is 6.09. The van der Waals surface area contributed by atoms with Crippen LogP contribution >= 0.6 is 0 Å². The monoisotopic (exact) mass is 471 g/mol. The van der Waals surface area contributed by atoms with Crippen LogP contribution < -0.4 is 16.0 Å². The van der Waals surface area contributed by atoms with Gasteiger partial charge in [-0.2, -0.15) is 4.99 Å². The molecule has 35 heavy (non-hydrogen) atoms. The molecule has 0 atom stereocenters. The number of carbonyl (C=O) groups excluding carboxylic acids is 2. The molecule has 1 aliphatic rings. The smallest absolute Gasteiger partial charge is 0.343 e. The normalized spacial score (nSPS) is 14.6. The third kappa shape index (κ3) is 5.66. The topological polar surface area (TPSA) is 121 Å². The fourth-order valence-electron chi connectivity index (χ4n) is 4.23. The summed E-state index contributed by atoms with van der Waals surface area (Å²) in [5.74, 6) is 1.00. The number of amidine groups is 1. The first kappa shape index (κ1) is 23.9. The fraction of sp³-hybridized carbons (Fsp3) is 0.259. The number of rotatable bonds is 5. The predicted molar refractivity (Wildman–Crippen MR) is 136 cm³/mol. The lowest BCUT2D eigenvalue weighted by Gasteiger charge is -2.33. The van der Waals surface area contributed by atoms with Crippen molar-refractivity contribution in [2.75, 3.05) is 18.0 Å². The van der Waals surface area contributed by atoms with Crippen molar-refractivity contribution in [2.45, 2.75) is 32.7 Å². The summed E-state index contributed by atoms with van der Waals surface area (Å²) in [4.78, 5) is 35.9. The number of anilines is 1. The van der Waals surface area contributed by atoms with E-state index in [9.17, 15) is 14.7 Å². The number of pyridine rings is 1. The van der Waals surface area contributed by atoms with Crippen LogP contribution in [0.1, 0.15) is 45.5 Å². The third-order valence-electron chi connectivity index (χ3n) is 6.20. The molecule has 0 aliphatic carbocycles. The summed E-state index contributed by atoms with van der Waals surface area (Å²) >= 11 is 0. The number of hydrogen-bond acceptors (Lipinski definition) is 5. The van der Waals surface area contributed by atoms with E-state index in [1.165, 1.54) is 0 Å². The second-order valence-corrected chi connectivity index (χ2v) is 8.76. The number of phenolic OH excluding ortho intramolecular Hbond substituents is 1. The van der Waals surface area contributed by atoms with Crippen molar-refractivity contribution in [3.05, 3.63) is 88.6 Å². The molecule has 0 unspecified atom stereocenters. The Morgan fingerprint density at radius 2 is 1.66 bits per heavy atom. The van der Waals surface area contributed by atoms with Gasteiger partial charge in [-0.15, -0.1) is 0 Å². The number of piperidine rings is 1. The zero-order valence-corrected chi connectivity index (χ0v) is 19.9. The Kier molecular flexibility index (Phi) is 7.10. The van der Waals surface area contributed by atoms with Gasteiger partial charge in [0, 0.05) is 42.0 Å². The molecular formula is C27H29N5O3. The Morgan fingerprint density at radius 1 is 1.00 bits per heavy atom. The number of benzene rings is 2. The molecule has 1 aromatic heterocycles. The van der Waals surface area contributed by atoms with Gasteiger partial charge >= 0.3 is 6.03 Å². The minimum atomic E-state index is -0.449. The number of amides is 2. The van der Waals surface area contributed by atoms with E-state index in [1.807, 2.05) is 18.2 Å². The Balaban J connectivity index is 1.37. The first-order valence-electron chi connectivity index (χ1n) is 11.6. The van der Waals surface area contributed by atoms with Crippen LogP contribution in [0.2, 0.25) is 0 Å². The second kappa shape index (κ2) is 10.4. The molecule has 3 aromatic rings. The van der Waals surface area contributed by atoms with Crippen LogP contribution in [-0.2, 0) is 0 Å². The molecule has 1 fully saturated rings. The summed E-state index contributed by atoms with van der Waals surface area (Å²) in [7, 11) is 0. The van der Waals surface area contributed by atoms with E-state index < -0.39 is 6.03 Å². The summed E-state index contributed by atoms with van der Waals surface area (Å²) in [5.41, 5.74) is 9.05. The van der Waals surface area contributed by atoms with Crippen molar-refractivity contribution in [1.82, 2.24) is 10.3 Å². The molecule has 2 heterocycles. The van der Waals surface area contributed by atoms with Gasteiger partial charge in [0.25, 0.3) is 0 Å². The lowest BCUT2D eigenvalue weighted by Crippen LogP contribution is -2.44. The number of ketones is 1. The molecule has 4 rings (SSSR count). The Bertz CT molecular complexity index is 1240. The van der Waals surface area contributed by atoms with E-state index >= 15 is 0 Å². The summed E-state index contributed by atoms with van der Waals surface area (Å²) in [5, 5.41) is 12.9. The van der Waals surface area contributed by atoms with Crippen LogP contribution in [0.4, 0.5) is 10.6 Å². The van der Waals surface area contributed by atoms with Crippen molar-refractivity contribution in [2.24, 2.45) is 10.7 Å². The molecule has 8 heteroatoms. The standard InChI is InChI=1S/C27H29N5O3/c1-17-14-21(15-18(2)24(17)33)25(34)20-8-11-29-23(16-20)32-12-9-22(10-13-32)30-27(35)31-26(28)19-6-4-3-5-7-19/h3-8,11,14-16,22,33H,9-10,12-13H2,1-2H3,(H3,28,30,31,35). The molecule has 0 bridgehead atoms. The Morgan fingerprint density at radius 3 is 2.31 bits per heavy atom.